The fourth-order valence-electron chi connectivity index (χ4n) is 5.58. The van der Waals surface area contributed by atoms with Crippen LogP contribution in [0.4, 0.5) is 0 Å². The van der Waals surface area contributed by atoms with Crippen molar-refractivity contribution in [3.05, 3.63) is 121 Å². The average Bonchev–Trinajstić information content (AvgIpc) is 2.95. The predicted octanol–water partition coefficient (Wildman–Crippen LogP) is 9.04. The smallest absolute Gasteiger partial charge is 0.126 e. The highest BCUT2D eigenvalue weighted by Crippen LogP contribution is 2.46. The summed E-state index contributed by atoms with van der Waals surface area (Å²) in [7, 11) is 1.73. The van der Waals surface area contributed by atoms with Crippen molar-refractivity contribution < 1.29 is 4.74 Å². The van der Waals surface area contributed by atoms with Crippen LogP contribution < -0.4 is 4.74 Å². The van der Waals surface area contributed by atoms with E-state index in [1.807, 2.05) is 6.20 Å². The fourth-order valence-corrected chi connectivity index (χ4v) is 5.58. The maximum atomic E-state index is 5.70. The molecule has 0 fully saturated rings. The number of methoxy groups -OCH3 is 1. The molecule has 7 rings (SSSR count). The molecule has 2 heteroatoms. The van der Waals surface area contributed by atoms with Crippen LogP contribution in [0.15, 0.2) is 121 Å². The maximum Gasteiger partial charge on any atom is 0.126 e. The van der Waals surface area contributed by atoms with Crippen molar-refractivity contribution in [3.63, 3.8) is 0 Å². The second-order valence-electron chi connectivity index (χ2n) is 9.12. The van der Waals surface area contributed by atoms with Crippen LogP contribution in [0.1, 0.15) is 0 Å². The average molecular weight is 462 g/mol. The molecule has 0 bridgehead atoms. The van der Waals surface area contributed by atoms with Gasteiger partial charge in [0, 0.05) is 22.5 Å². The standard InChI is InChI=1S/C34H23NO/c1-36-32-19-18-30(24-12-4-5-13-25(24)32)33-26-14-6-8-16-28(26)34(29-17-9-7-15-27(29)33)31-20-22-10-2-3-11-23(22)21-35-31/h2-21H,1H3. The van der Waals surface area contributed by atoms with Gasteiger partial charge in [0.15, 0.2) is 0 Å². The van der Waals surface area contributed by atoms with E-state index < -0.39 is 0 Å². The Balaban J connectivity index is 1.64. The number of ether oxygens (including phenoxy) is 1. The number of rotatable bonds is 3. The van der Waals surface area contributed by atoms with E-state index in [0.717, 1.165) is 22.2 Å². The summed E-state index contributed by atoms with van der Waals surface area (Å²) in [4.78, 5) is 4.94. The Labute approximate surface area is 209 Å². The molecule has 0 N–H and O–H groups in total. The number of hydrogen-bond donors (Lipinski definition) is 0. The summed E-state index contributed by atoms with van der Waals surface area (Å²) >= 11 is 0. The van der Waals surface area contributed by atoms with Crippen molar-refractivity contribution in [1.29, 1.82) is 0 Å². The van der Waals surface area contributed by atoms with Gasteiger partial charge in [0.05, 0.1) is 12.8 Å². The van der Waals surface area contributed by atoms with Crippen LogP contribution in [0.3, 0.4) is 0 Å². The molecule has 0 aliphatic carbocycles. The van der Waals surface area contributed by atoms with Crippen molar-refractivity contribution >= 4 is 43.1 Å². The van der Waals surface area contributed by atoms with E-state index >= 15 is 0 Å². The van der Waals surface area contributed by atoms with Crippen LogP contribution >= 0.6 is 0 Å². The first-order valence-electron chi connectivity index (χ1n) is 12.2. The Hall–Kier alpha value is -4.69. The van der Waals surface area contributed by atoms with Crippen LogP contribution in [-0.2, 0) is 0 Å². The van der Waals surface area contributed by atoms with Gasteiger partial charge in [-0.3, -0.25) is 4.98 Å². The molecule has 7 aromatic rings. The van der Waals surface area contributed by atoms with Crippen LogP contribution in [-0.4, -0.2) is 12.1 Å². The summed E-state index contributed by atoms with van der Waals surface area (Å²) < 4.78 is 5.70. The van der Waals surface area contributed by atoms with Gasteiger partial charge in [-0.15, -0.1) is 0 Å². The molecule has 2 nitrogen and oxygen atoms in total. The van der Waals surface area contributed by atoms with Crippen LogP contribution in [0.2, 0.25) is 0 Å². The minimum atomic E-state index is 0.889. The summed E-state index contributed by atoms with van der Waals surface area (Å²) in [5.74, 6) is 0.889. The van der Waals surface area contributed by atoms with Crippen LogP contribution in [0.25, 0.3) is 65.5 Å². The molecule has 6 aromatic carbocycles. The van der Waals surface area contributed by atoms with Gasteiger partial charge in [-0.2, -0.15) is 0 Å². The number of pyridine rings is 1. The molecule has 0 saturated heterocycles. The Bertz CT molecular complexity index is 1880. The molecule has 0 spiro atoms. The van der Waals surface area contributed by atoms with Gasteiger partial charge in [0.1, 0.15) is 5.75 Å². The second-order valence-corrected chi connectivity index (χ2v) is 9.12. The maximum absolute atomic E-state index is 5.70. The van der Waals surface area contributed by atoms with Crippen LogP contribution in [0.5, 0.6) is 5.75 Å². The number of nitrogens with zero attached hydrogens (tertiary/aromatic N) is 1. The first-order chi connectivity index (χ1) is 17.8. The third kappa shape index (κ3) is 3.08. The first kappa shape index (κ1) is 20.7. The monoisotopic (exact) mass is 461 g/mol. The summed E-state index contributed by atoms with van der Waals surface area (Å²) in [5, 5.41) is 9.49. The van der Waals surface area contributed by atoms with Gasteiger partial charge in [-0.1, -0.05) is 103 Å². The predicted molar refractivity (Wildman–Crippen MR) is 152 cm³/mol. The third-order valence-electron chi connectivity index (χ3n) is 7.19. The topological polar surface area (TPSA) is 22.1 Å². The zero-order valence-electron chi connectivity index (χ0n) is 19.9. The highest BCUT2D eigenvalue weighted by molar-refractivity contribution is 6.23. The van der Waals surface area contributed by atoms with Crippen molar-refractivity contribution in [2.75, 3.05) is 7.11 Å². The fraction of sp³-hybridized carbons (Fsp3) is 0.0294. The van der Waals surface area contributed by atoms with E-state index in [1.165, 1.54) is 49.0 Å². The second kappa shape index (κ2) is 8.21. The lowest BCUT2D eigenvalue weighted by Crippen LogP contribution is -1.94. The van der Waals surface area contributed by atoms with Crippen molar-refractivity contribution in [2.45, 2.75) is 0 Å². The van der Waals surface area contributed by atoms with Crippen molar-refractivity contribution in [3.8, 4) is 28.1 Å². The van der Waals surface area contributed by atoms with E-state index in [9.17, 15) is 0 Å². The highest BCUT2D eigenvalue weighted by Gasteiger charge is 2.19. The van der Waals surface area contributed by atoms with Crippen LogP contribution in [0, 0.1) is 0 Å². The Kier molecular flexibility index (Phi) is 4.71. The van der Waals surface area contributed by atoms with E-state index in [2.05, 4.69) is 115 Å². The molecule has 1 aromatic heterocycles. The molecular formula is C34H23NO. The largest absolute Gasteiger partial charge is 0.496 e. The van der Waals surface area contributed by atoms with Crippen molar-refractivity contribution in [2.24, 2.45) is 0 Å². The normalized spacial score (nSPS) is 11.5. The number of hydrogen-bond acceptors (Lipinski definition) is 2. The molecule has 0 amide bonds. The minimum absolute atomic E-state index is 0.889. The molecule has 0 aliphatic heterocycles. The minimum Gasteiger partial charge on any atom is -0.496 e. The Morgan fingerprint density at radius 2 is 1.03 bits per heavy atom. The summed E-state index contributed by atoms with van der Waals surface area (Å²) in [6.07, 6.45) is 1.99. The van der Waals surface area contributed by atoms with Gasteiger partial charge >= 0.3 is 0 Å². The zero-order chi connectivity index (χ0) is 24.1. The van der Waals surface area contributed by atoms with Crippen molar-refractivity contribution in [1.82, 2.24) is 4.98 Å². The number of benzene rings is 6. The third-order valence-corrected chi connectivity index (χ3v) is 7.19. The molecule has 36 heavy (non-hydrogen) atoms. The van der Waals surface area contributed by atoms with Gasteiger partial charge in [-0.05, 0) is 55.6 Å². The molecule has 0 aliphatic rings. The molecular weight excluding hydrogens is 438 g/mol. The molecule has 170 valence electrons. The number of fused-ring (bicyclic) bond motifs is 4. The van der Waals surface area contributed by atoms with E-state index in [0.29, 0.717) is 0 Å². The summed E-state index contributed by atoms with van der Waals surface area (Å²) in [6, 6.07) is 40.8. The highest BCUT2D eigenvalue weighted by atomic mass is 16.5. The van der Waals surface area contributed by atoms with Gasteiger partial charge in [0.25, 0.3) is 0 Å². The first-order valence-corrected chi connectivity index (χ1v) is 12.2. The molecule has 1 heterocycles. The van der Waals surface area contributed by atoms with E-state index in [1.54, 1.807) is 7.11 Å². The van der Waals surface area contributed by atoms with Gasteiger partial charge < -0.3 is 4.74 Å². The molecule has 0 atom stereocenters. The lowest BCUT2D eigenvalue weighted by Gasteiger charge is -2.19. The molecule has 0 radical (unpaired) electrons. The lowest BCUT2D eigenvalue weighted by molar-refractivity contribution is 0.420. The SMILES string of the molecule is COc1ccc(-c2c3ccccc3c(-c3cc4ccccc4cn3)c3ccccc23)c2ccccc12. The zero-order valence-corrected chi connectivity index (χ0v) is 19.9. The molecule has 0 saturated carbocycles. The van der Waals surface area contributed by atoms with E-state index in [4.69, 9.17) is 9.72 Å². The van der Waals surface area contributed by atoms with E-state index in [-0.39, 0.29) is 0 Å². The van der Waals surface area contributed by atoms with Gasteiger partial charge in [0.2, 0.25) is 0 Å². The Morgan fingerprint density at radius 3 is 1.67 bits per heavy atom. The quantitative estimate of drug-likeness (QED) is 0.245. The van der Waals surface area contributed by atoms with Gasteiger partial charge in [-0.25, -0.2) is 0 Å². The summed E-state index contributed by atoms with van der Waals surface area (Å²) in [5.41, 5.74) is 4.61. The summed E-state index contributed by atoms with van der Waals surface area (Å²) in [6.45, 7) is 0. The number of aromatic nitrogens is 1. The lowest BCUT2D eigenvalue weighted by atomic mass is 9.85. The molecule has 0 unspecified atom stereocenters. The Morgan fingerprint density at radius 1 is 0.500 bits per heavy atom.